The van der Waals surface area contributed by atoms with Crippen molar-refractivity contribution in [2.45, 2.75) is 24.3 Å². The van der Waals surface area contributed by atoms with Crippen LogP contribution in [0, 0.1) is 0 Å². The van der Waals surface area contributed by atoms with Crippen LogP contribution in [0.3, 0.4) is 0 Å². The lowest BCUT2D eigenvalue weighted by atomic mass is 9.94. The third-order valence-corrected chi connectivity index (χ3v) is 8.23. The Bertz CT molecular complexity index is 1630. The summed E-state index contributed by atoms with van der Waals surface area (Å²) in [6.45, 7) is 0.547. The fraction of sp³-hybridized carbons (Fsp3) is 0.167. The molecule has 0 fully saturated rings. The molecule has 0 saturated heterocycles. The number of aliphatic carboxylic acids is 1. The molecule has 1 heterocycles. The highest BCUT2D eigenvalue weighted by molar-refractivity contribution is 7.89. The van der Waals surface area contributed by atoms with Gasteiger partial charge in [0.2, 0.25) is 10.0 Å². The SMILES string of the molecule is NS(=O)(=O)c1ccc(CCN(CCC(=O)O)C(=O)c2ccccc2-c2ccccc2C(=O)NCc2cccs2)cc1. The molecule has 1 aromatic heterocycles. The lowest BCUT2D eigenvalue weighted by molar-refractivity contribution is -0.137. The Kier molecular flexibility index (Phi) is 9.66. The number of thiophene rings is 1. The summed E-state index contributed by atoms with van der Waals surface area (Å²) in [5, 5.41) is 19.3. The molecule has 2 amide bonds. The van der Waals surface area contributed by atoms with Crippen molar-refractivity contribution in [3.8, 4) is 11.1 Å². The van der Waals surface area contributed by atoms with Crippen LogP contribution in [-0.4, -0.2) is 49.3 Å². The Balaban J connectivity index is 1.59. The van der Waals surface area contributed by atoms with Gasteiger partial charge in [0, 0.05) is 29.1 Å². The summed E-state index contributed by atoms with van der Waals surface area (Å²) in [4.78, 5) is 40.8. The zero-order valence-corrected chi connectivity index (χ0v) is 23.7. The minimum atomic E-state index is -3.83. The molecule has 0 bridgehead atoms. The maximum atomic E-state index is 13.9. The summed E-state index contributed by atoms with van der Waals surface area (Å²) in [5.74, 6) is -1.69. The standard InChI is InChI=1S/C30H29N3O6S2/c31-41(38,39)23-13-11-21(12-14-23)15-17-33(18-16-28(34)35)30(37)27-10-4-2-8-25(27)24-7-1-3-9-26(24)29(36)32-20-22-6-5-19-40-22/h1-14,19H,15-18,20H2,(H,32,36)(H,34,35)(H2,31,38,39). The van der Waals surface area contributed by atoms with Crippen molar-refractivity contribution < 1.29 is 27.9 Å². The van der Waals surface area contributed by atoms with Crippen LogP contribution in [0.4, 0.5) is 0 Å². The van der Waals surface area contributed by atoms with Crippen molar-refractivity contribution >= 4 is 39.1 Å². The number of hydrogen-bond donors (Lipinski definition) is 3. The van der Waals surface area contributed by atoms with Gasteiger partial charge in [-0.3, -0.25) is 14.4 Å². The fourth-order valence-electron chi connectivity index (χ4n) is 4.32. The molecule has 0 saturated carbocycles. The second kappa shape index (κ2) is 13.4. The molecule has 0 unspecified atom stereocenters. The smallest absolute Gasteiger partial charge is 0.305 e. The van der Waals surface area contributed by atoms with Gasteiger partial charge < -0.3 is 15.3 Å². The van der Waals surface area contributed by atoms with E-state index in [1.807, 2.05) is 17.5 Å². The zero-order valence-electron chi connectivity index (χ0n) is 22.0. The number of rotatable bonds is 12. The second-order valence-corrected chi connectivity index (χ2v) is 11.8. The Labute approximate surface area is 242 Å². The quantitative estimate of drug-likeness (QED) is 0.226. The average Bonchev–Trinajstić information content (AvgIpc) is 3.49. The first-order valence-corrected chi connectivity index (χ1v) is 15.2. The maximum absolute atomic E-state index is 13.9. The molecular formula is C30H29N3O6S2. The molecule has 4 aromatic rings. The Morgan fingerprint density at radius 2 is 1.46 bits per heavy atom. The molecule has 11 heteroatoms. The molecule has 0 radical (unpaired) electrons. The lowest BCUT2D eigenvalue weighted by Gasteiger charge is -2.24. The third kappa shape index (κ3) is 7.88. The van der Waals surface area contributed by atoms with Crippen molar-refractivity contribution in [3.05, 3.63) is 112 Å². The second-order valence-electron chi connectivity index (χ2n) is 9.23. The van der Waals surface area contributed by atoms with Gasteiger partial charge in [0.15, 0.2) is 0 Å². The molecule has 4 rings (SSSR count). The van der Waals surface area contributed by atoms with Gasteiger partial charge in [0.25, 0.3) is 11.8 Å². The number of sulfonamides is 1. The van der Waals surface area contributed by atoms with Gasteiger partial charge in [-0.15, -0.1) is 11.3 Å². The van der Waals surface area contributed by atoms with Crippen LogP contribution >= 0.6 is 11.3 Å². The minimum Gasteiger partial charge on any atom is -0.481 e. The largest absolute Gasteiger partial charge is 0.481 e. The summed E-state index contributed by atoms with van der Waals surface area (Å²) in [6, 6.07) is 23.8. The molecule has 212 valence electrons. The van der Waals surface area contributed by atoms with Crippen LogP contribution in [0.1, 0.15) is 37.6 Å². The summed E-state index contributed by atoms with van der Waals surface area (Å²) in [5.41, 5.74) is 2.64. The van der Waals surface area contributed by atoms with Gasteiger partial charge >= 0.3 is 5.97 Å². The van der Waals surface area contributed by atoms with E-state index in [1.165, 1.54) is 17.0 Å². The highest BCUT2D eigenvalue weighted by atomic mass is 32.2. The average molecular weight is 592 g/mol. The predicted molar refractivity (Wildman–Crippen MR) is 157 cm³/mol. The maximum Gasteiger partial charge on any atom is 0.305 e. The van der Waals surface area contributed by atoms with Crippen LogP contribution in [0.5, 0.6) is 0 Å². The van der Waals surface area contributed by atoms with Gasteiger partial charge in [-0.25, -0.2) is 13.6 Å². The number of benzene rings is 3. The number of carbonyl (C=O) groups is 3. The van der Waals surface area contributed by atoms with Crippen LogP contribution < -0.4 is 10.5 Å². The van der Waals surface area contributed by atoms with E-state index in [9.17, 15) is 27.9 Å². The van der Waals surface area contributed by atoms with Crippen LogP contribution in [0.25, 0.3) is 11.1 Å². The topological polar surface area (TPSA) is 147 Å². The molecule has 9 nitrogen and oxygen atoms in total. The van der Waals surface area contributed by atoms with Gasteiger partial charge in [0.1, 0.15) is 0 Å². The van der Waals surface area contributed by atoms with Gasteiger partial charge in [0.05, 0.1) is 17.9 Å². The molecule has 0 aliphatic rings. The van der Waals surface area contributed by atoms with Crippen molar-refractivity contribution in [1.82, 2.24) is 10.2 Å². The van der Waals surface area contributed by atoms with Crippen molar-refractivity contribution in [3.63, 3.8) is 0 Å². The van der Waals surface area contributed by atoms with E-state index in [0.29, 0.717) is 35.2 Å². The first-order valence-electron chi connectivity index (χ1n) is 12.8. The Morgan fingerprint density at radius 1 is 0.829 bits per heavy atom. The van der Waals surface area contributed by atoms with Gasteiger partial charge in [-0.1, -0.05) is 54.6 Å². The first-order chi connectivity index (χ1) is 19.6. The van der Waals surface area contributed by atoms with Crippen LogP contribution in [0.2, 0.25) is 0 Å². The summed E-state index contributed by atoms with van der Waals surface area (Å²) < 4.78 is 23.1. The molecule has 41 heavy (non-hydrogen) atoms. The lowest BCUT2D eigenvalue weighted by Crippen LogP contribution is -2.35. The minimum absolute atomic E-state index is 0.0212. The number of carbonyl (C=O) groups excluding carboxylic acids is 2. The van der Waals surface area contributed by atoms with Gasteiger partial charge in [-0.2, -0.15) is 0 Å². The van der Waals surface area contributed by atoms with E-state index >= 15 is 0 Å². The number of primary sulfonamides is 1. The van der Waals surface area contributed by atoms with E-state index in [2.05, 4.69) is 5.32 Å². The number of nitrogens with zero attached hydrogens (tertiary/aromatic N) is 1. The molecule has 0 aliphatic heterocycles. The predicted octanol–water partition coefficient (Wildman–Crippen LogP) is 4.15. The number of carboxylic acid groups (broad SMARTS) is 1. The summed E-state index contributed by atoms with van der Waals surface area (Å²) in [7, 11) is -3.83. The number of amides is 2. The van der Waals surface area contributed by atoms with Crippen LogP contribution in [-0.2, 0) is 27.8 Å². The molecule has 0 aliphatic carbocycles. The number of carboxylic acids is 1. The van der Waals surface area contributed by atoms with Crippen molar-refractivity contribution in [2.24, 2.45) is 5.14 Å². The number of nitrogens with one attached hydrogen (secondary N) is 1. The number of nitrogens with two attached hydrogens (primary N) is 1. The van der Waals surface area contributed by atoms with E-state index < -0.39 is 16.0 Å². The van der Waals surface area contributed by atoms with E-state index in [0.717, 1.165) is 10.4 Å². The molecular weight excluding hydrogens is 562 g/mol. The van der Waals surface area contributed by atoms with Crippen LogP contribution in [0.15, 0.2) is 95.2 Å². The van der Waals surface area contributed by atoms with Gasteiger partial charge in [-0.05, 0) is 58.8 Å². The van der Waals surface area contributed by atoms with Crippen molar-refractivity contribution in [1.29, 1.82) is 0 Å². The van der Waals surface area contributed by atoms with E-state index in [-0.39, 0.29) is 36.2 Å². The highest BCUT2D eigenvalue weighted by Gasteiger charge is 2.22. The first kappa shape index (κ1) is 29.7. The molecule has 0 spiro atoms. The molecule has 0 atom stereocenters. The summed E-state index contributed by atoms with van der Waals surface area (Å²) in [6.07, 6.45) is 0.111. The Hall–Kier alpha value is -4.32. The molecule has 3 aromatic carbocycles. The highest BCUT2D eigenvalue weighted by Crippen LogP contribution is 2.28. The number of hydrogen-bond acceptors (Lipinski definition) is 6. The van der Waals surface area contributed by atoms with E-state index in [1.54, 1.807) is 72.0 Å². The normalized spacial score (nSPS) is 11.1. The third-order valence-electron chi connectivity index (χ3n) is 6.43. The molecule has 4 N–H and O–H groups in total. The van der Waals surface area contributed by atoms with E-state index in [4.69, 9.17) is 5.14 Å². The monoisotopic (exact) mass is 591 g/mol. The fourth-order valence-corrected chi connectivity index (χ4v) is 5.48. The summed E-state index contributed by atoms with van der Waals surface area (Å²) >= 11 is 1.54. The van der Waals surface area contributed by atoms with Crippen molar-refractivity contribution in [2.75, 3.05) is 13.1 Å². The Morgan fingerprint density at radius 3 is 2.07 bits per heavy atom. The zero-order chi connectivity index (χ0) is 29.4.